The Morgan fingerprint density at radius 2 is 2.05 bits per heavy atom. The highest BCUT2D eigenvalue weighted by molar-refractivity contribution is 5.74. The molecule has 2 amide bonds. The molecule has 7 heteroatoms. The number of hydrogen-bond acceptors (Lipinski definition) is 4. The number of carbonyl (C=O) groups is 2. The van der Waals surface area contributed by atoms with Crippen LogP contribution in [0.15, 0.2) is 0 Å². The van der Waals surface area contributed by atoms with Crippen molar-refractivity contribution in [1.82, 2.24) is 10.2 Å². The molecule has 0 saturated carbocycles. The van der Waals surface area contributed by atoms with Crippen molar-refractivity contribution < 1.29 is 24.2 Å². The lowest BCUT2D eigenvalue weighted by atomic mass is 10.2. The smallest absolute Gasteiger partial charge is 0.317 e. The number of ether oxygens (including phenoxy) is 2. The highest BCUT2D eigenvalue weighted by Gasteiger charge is 2.35. The minimum Gasteiger partial charge on any atom is -0.481 e. The van der Waals surface area contributed by atoms with Gasteiger partial charge in [-0.1, -0.05) is 0 Å². The number of rotatable bonds is 5. The van der Waals surface area contributed by atoms with Crippen LogP contribution in [-0.4, -0.2) is 67.1 Å². The van der Waals surface area contributed by atoms with Gasteiger partial charge < -0.3 is 24.8 Å². The van der Waals surface area contributed by atoms with Crippen molar-refractivity contribution in [2.45, 2.75) is 37.6 Å². The van der Waals surface area contributed by atoms with Gasteiger partial charge in [0.05, 0.1) is 24.7 Å². The number of hydrogen-bond donors (Lipinski definition) is 2. The maximum absolute atomic E-state index is 12.0. The number of nitrogens with zero attached hydrogens (tertiary/aromatic N) is 1. The summed E-state index contributed by atoms with van der Waals surface area (Å²) in [5.41, 5.74) is 0. The van der Waals surface area contributed by atoms with E-state index in [0.29, 0.717) is 13.1 Å². The molecule has 108 valence electrons. The zero-order valence-electron chi connectivity index (χ0n) is 11.0. The van der Waals surface area contributed by atoms with Crippen LogP contribution in [0.3, 0.4) is 0 Å². The van der Waals surface area contributed by atoms with Crippen LogP contribution in [0, 0.1) is 0 Å². The zero-order chi connectivity index (χ0) is 13.8. The summed E-state index contributed by atoms with van der Waals surface area (Å²) in [6, 6.07) is -0.173. The topological polar surface area (TPSA) is 88.1 Å². The van der Waals surface area contributed by atoms with Crippen LogP contribution in [0.2, 0.25) is 0 Å². The molecule has 2 aliphatic rings. The first kappa shape index (κ1) is 14.1. The molecule has 0 aliphatic carbocycles. The number of likely N-dealkylation sites (tertiary alicyclic amines) is 1. The largest absolute Gasteiger partial charge is 0.481 e. The summed E-state index contributed by atoms with van der Waals surface area (Å²) in [7, 11) is 1.44. The Kier molecular flexibility index (Phi) is 4.60. The Morgan fingerprint density at radius 3 is 2.58 bits per heavy atom. The normalized spacial score (nSPS) is 27.1. The van der Waals surface area contributed by atoms with E-state index in [1.807, 2.05) is 0 Å². The number of aliphatic carboxylic acids is 1. The molecule has 2 rings (SSSR count). The van der Waals surface area contributed by atoms with E-state index >= 15 is 0 Å². The van der Waals surface area contributed by atoms with Gasteiger partial charge in [-0.3, -0.25) is 4.79 Å². The number of nitrogens with one attached hydrogen (secondary N) is 1. The van der Waals surface area contributed by atoms with Gasteiger partial charge in [0.15, 0.2) is 0 Å². The van der Waals surface area contributed by atoms with E-state index in [1.165, 1.54) is 7.11 Å². The van der Waals surface area contributed by atoms with Crippen molar-refractivity contribution in [3.05, 3.63) is 0 Å². The van der Waals surface area contributed by atoms with Crippen LogP contribution in [0.1, 0.15) is 19.3 Å². The number of methoxy groups -OCH3 is 1. The summed E-state index contributed by atoms with van der Waals surface area (Å²) < 4.78 is 10.7. The van der Waals surface area contributed by atoms with Crippen LogP contribution >= 0.6 is 0 Å². The highest BCUT2D eigenvalue weighted by atomic mass is 16.5. The van der Waals surface area contributed by atoms with Crippen LogP contribution in [0.25, 0.3) is 0 Å². The monoisotopic (exact) mass is 272 g/mol. The maximum atomic E-state index is 12.0. The molecular weight excluding hydrogens is 252 g/mol. The van der Waals surface area contributed by atoms with E-state index in [0.717, 1.165) is 12.8 Å². The minimum absolute atomic E-state index is 0.120. The first-order valence-electron chi connectivity index (χ1n) is 6.51. The predicted octanol–water partition coefficient (Wildman–Crippen LogP) is 0.0489. The van der Waals surface area contributed by atoms with Gasteiger partial charge in [0.1, 0.15) is 0 Å². The maximum Gasteiger partial charge on any atom is 0.317 e. The van der Waals surface area contributed by atoms with E-state index in [2.05, 4.69) is 5.32 Å². The predicted molar refractivity (Wildman–Crippen MR) is 65.9 cm³/mol. The van der Waals surface area contributed by atoms with Crippen molar-refractivity contribution in [2.75, 3.05) is 26.7 Å². The van der Waals surface area contributed by atoms with Crippen molar-refractivity contribution in [3.8, 4) is 0 Å². The van der Waals surface area contributed by atoms with Gasteiger partial charge in [0.25, 0.3) is 0 Å². The first-order chi connectivity index (χ1) is 9.08. The van der Waals surface area contributed by atoms with Crippen molar-refractivity contribution in [3.63, 3.8) is 0 Å². The van der Waals surface area contributed by atoms with E-state index in [-0.39, 0.29) is 31.2 Å². The van der Waals surface area contributed by atoms with Gasteiger partial charge in [0.2, 0.25) is 0 Å². The third-order valence-corrected chi connectivity index (χ3v) is 3.55. The van der Waals surface area contributed by atoms with Crippen molar-refractivity contribution >= 4 is 12.0 Å². The molecule has 2 heterocycles. The summed E-state index contributed by atoms with van der Waals surface area (Å²) in [4.78, 5) is 24.3. The number of carboxylic acids is 1. The molecule has 3 atom stereocenters. The standard InChI is InChI=1S/C12H20N2O5/c1-18-10(4-11(15)16)5-13-12(17)14-6-8-2-3-9(7-14)19-8/h8-10H,2-7H2,1H3,(H,13,17)(H,15,16). The third kappa shape index (κ3) is 3.81. The molecule has 0 aromatic rings. The Labute approximate surface area is 111 Å². The molecule has 2 bridgehead atoms. The number of amides is 2. The van der Waals surface area contributed by atoms with Crippen LogP contribution in [-0.2, 0) is 14.3 Å². The molecule has 2 aliphatic heterocycles. The zero-order valence-corrected chi connectivity index (χ0v) is 11.0. The Morgan fingerprint density at radius 1 is 1.42 bits per heavy atom. The molecule has 2 N–H and O–H groups in total. The lowest BCUT2D eigenvalue weighted by Gasteiger charge is -2.32. The number of morpholine rings is 1. The number of fused-ring (bicyclic) bond motifs is 2. The molecule has 3 unspecified atom stereocenters. The molecular formula is C12H20N2O5. The Balaban J connectivity index is 1.76. The van der Waals surface area contributed by atoms with Crippen LogP contribution < -0.4 is 5.32 Å². The van der Waals surface area contributed by atoms with Gasteiger partial charge >= 0.3 is 12.0 Å². The van der Waals surface area contributed by atoms with E-state index in [4.69, 9.17) is 14.6 Å². The molecule has 0 spiro atoms. The van der Waals surface area contributed by atoms with Crippen LogP contribution in [0.5, 0.6) is 0 Å². The van der Waals surface area contributed by atoms with Gasteiger partial charge in [-0.25, -0.2) is 4.79 Å². The second-order valence-corrected chi connectivity index (χ2v) is 5.00. The summed E-state index contributed by atoms with van der Waals surface area (Å²) in [5, 5.41) is 11.4. The molecule has 19 heavy (non-hydrogen) atoms. The van der Waals surface area contributed by atoms with Gasteiger partial charge in [-0.15, -0.1) is 0 Å². The third-order valence-electron chi connectivity index (χ3n) is 3.55. The fourth-order valence-electron chi connectivity index (χ4n) is 2.53. The summed E-state index contributed by atoms with van der Waals surface area (Å²) >= 11 is 0. The number of urea groups is 1. The molecule has 7 nitrogen and oxygen atoms in total. The average Bonchev–Trinajstić information content (AvgIpc) is 2.72. The summed E-state index contributed by atoms with van der Waals surface area (Å²) in [6.07, 6.45) is 1.70. The molecule has 0 aromatic carbocycles. The first-order valence-corrected chi connectivity index (χ1v) is 6.51. The van der Waals surface area contributed by atoms with E-state index < -0.39 is 12.1 Å². The summed E-state index contributed by atoms with van der Waals surface area (Å²) in [5.74, 6) is -0.939. The molecule has 2 saturated heterocycles. The lowest BCUT2D eigenvalue weighted by Crippen LogP contribution is -2.51. The van der Waals surface area contributed by atoms with Crippen molar-refractivity contribution in [1.29, 1.82) is 0 Å². The number of carboxylic acid groups (broad SMARTS) is 1. The molecule has 2 fully saturated rings. The fraction of sp³-hybridized carbons (Fsp3) is 0.833. The van der Waals surface area contributed by atoms with E-state index in [1.54, 1.807) is 4.90 Å². The second-order valence-electron chi connectivity index (χ2n) is 5.00. The van der Waals surface area contributed by atoms with Crippen LogP contribution in [0.4, 0.5) is 4.79 Å². The summed E-state index contributed by atoms with van der Waals surface area (Å²) in [6.45, 7) is 1.42. The minimum atomic E-state index is -0.939. The Hall–Kier alpha value is -1.34. The Bertz CT molecular complexity index is 337. The molecule has 0 aromatic heterocycles. The SMILES string of the molecule is COC(CNC(=O)N1CC2CCC(C1)O2)CC(=O)O. The molecule has 0 radical (unpaired) electrons. The van der Waals surface area contributed by atoms with Crippen molar-refractivity contribution in [2.24, 2.45) is 0 Å². The van der Waals surface area contributed by atoms with Gasteiger partial charge in [-0.05, 0) is 12.8 Å². The van der Waals surface area contributed by atoms with Gasteiger partial charge in [0, 0.05) is 26.7 Å². The highest BCUT2D eigenvalue weighted by Crippen LogP contribution is 2.26. The average molecular weight is 272 g/mol. The quantitative estimate of drug-likeness (QED) is 0.738. The van der Waals surface area contributed by atoms with Gasteiger partial charge in [-0.2, -0.15) is 0 Å². The van der Waals surface area contributed by atoms with E-state index in [9.17, 15) is 9.59 Å². The lowest BCUT2D eigenvalue weighted by molar-refractivity contribution is -0.139. The fourth-order valence-corrected chi connectivity index (χ4v) is 2.53. The second kappa shape index (κ2) is 6.21. The number of carbonyl (C=O) groups excluding carboxylic acids is 1.